The highest BCUT2D eigenvalue weighted by Gasteiger charge is 2.41. The number of fused-ring (bicyclic) bond motifs is 2. The summed E-state index contributed by atoms with van der Waals surface area (Å²) in [6.07, 6.45) is 8.64. The Kier molecular flexibility index (Phi) is 3.69. The molecule has 0 radical (unpaired) electrons. The fourth-order valence-corrected chi connectivity index (χ4v) is 4.05. The molecular formula is C14H26N2O. The minimum absolute atomic E-state index is 0.536. The Morgan fingerprint density at radius 2 is 1.94 bits per heavy atom. The second-order valence-corrected chi connectivity index (χ2v) is 5.94. The fraction of sp³-hybridized carbons (Fsp3) is 1.00. The van der Waals surface area contributed by atoms with Crippen molar-refractivity contribution in [1.29, 1.82) is 0 Å². The first-order valence-electron chi connectivity index (χ1n) is 7.47. The zero-order valence-corrected chi connectivity index (χ0v) is 11.0. The first-order chi connectivity index (χ1) is 8.36. The van der Waals surface area contributed by atoms with Crippen molar-refractivity contribution in [3.05, 3.63) is 0 Å². The molecule has 3 aliphatic heterocycles. The fourth-order valence-electron chi connectivity index (χ4n) is 4.05. The van der Waals surface area contributed by atoms with Gasteiger partial charge in [-0.3, -0.25) is 4.90 Å². The lowest BCUT2D eigenvalue weighted by Crippen LogP contribution is -2.51. The number of ether oxygens (including phenoxy) is 1. The Morgan fingerprint density at radius 3 is 2.53 bits per heavy atom. The lowest BCUT2D eigenvalue weighted by atomic mass is 9.96. The molecule has 98 valence electrons. The number of rotatable bonds is 4. The maximum atomic E-state index is 5.80. The van der Waals surface area contributed by atoms with Crippen molar-refractivity contribution in [3.8, 4) is 0 Å². The molecule has 3 atom stereocenters. The Labute approximate surface area is 105 Å². The van der Waals surface area contributed by atoms with E-state index in [2.05, 4.69) is 17.1 Å². The van der Waals surface area contributed by atoms with Gasteiger partial charge in [0.05, 0.1) is 6.10 Å². The van der Waals surface area contributed by atoms with Crippen LogP contribution in [0.1, 0.15) is 45.4 Å². The monoisotopic (exact) mass is 238 g/mol. The van der Waals surface area contributed by atoms with E-state index in [1.807, 2.05) is 0 Å². The van der Waals surface area contributed by atoms with Gasteiger partial charge in [0.25, 0.3) is 0 Å². The maximum Gasteiger partial charge on any atom is 0.0703 e. The quantitative estimate of drug-likeness (QED) is 0.808. The van der Waals surface area contributed by atoms with Gasteiger partial charge in [-0.1, -0.05) is 6.92 Å². The Bertz CT molecular complexity index is 239. The molecule has 3 heteroatoms. The van der Waals surface area contributed by atoms with E-state index in [0.717, 1.165) is 31.3 Å². The van der Waals surface area contributed by atoms with E-state index in [1.54, 1.807) is 0 Å². The number of nitrogens with one attached hydrogen (secondary N) is 1. The molecule has 3 fully saturated rings. The molecule has 0 aliphatic carbocycles. The maximum absolute atomic E-state index is 5.80. The molecule has 0 spiro atoms. The second-order valence-electron chi connectivity index (χ2n) is 5.94. The lowest BCUT2D eigenvalue weighted by molar-refractivity contribution is 0.0338. The van der Waals surface area contributed by atoms with Gasteiger partial charge in [0, 0.05) is 31.3 Å². The van der Waals surface area contributed by atoms with E-state index in [4.69, 9.17) is 4.74 Å². The van der Waals surface area contributed by atoms with Crippen molar-refractivity contribution in [3.63, 3.8) is 0 Å². The largest absolute Gasteiger partial charge is 0.377 e. The van der Waals surface area contributed by atoms with Gasteiger partial charge in [-0.2, -0.15) is 0 Å². The molecule has 1 N–H and O–H groups in total. The molecule has 3 saturated heterocycles. The van der Waals surface area contributed by atoms with Gasteiger partial charge in [-0.05, 0) is 45.1 Å². The van der Waals surface area contributed by atoms with Crippen LogP contribution in [0.2, 0.25) is 0 Å². The summed E-state index contributed by atoms with van der Waals surface area (Å²) in [6, 6.07) is 2.45. The highest BCUT2D eigenvalue weighted by atomic mass is 16.5. The third-order valence-electron chi connectivity index (χ3n) is 4.82. The topological polar surface area (TPSA) is 24.5 Å². The van der Waals surface area contributed by atoms with Gasteiger partial charge in [-0.25, -0.2) is 0 Å². The molecule has 0 amide bonds. The van der Waals surface area contributed by atoms with Gasteiger partial charge in [-0.15, -0.1) is 0 Å². The van der Waals surface area contributed by atoms with Crippen LogP contribution >= 0.6 is 0 Å². The average Bonchev–Trinajstić information content (AvgIpc) is 2.89. The zero-order valence-electron chi connectivity index (χ0n) is 11.0. The molecule has 0 saturated carbocycles. The van der Waals surface area contributed by atoms with E-state index in [-0.39, 0.29) is 0 Å². The second kappa shape index (κ2) is 5.25. The smallest absolute Gasteiger partial charge is 0.0703 e. The normalized spacial score (nSPS) is 42.2. The van der Waals surface area contributed by atoms with Crippen molar-refractivity contribution in [2.24, 2.45) is 0 Å². The average molecular weight is 238 g/mol. The molecule has 17 heavy (non-hydrogen) atoms. The third kappa shape index (κ3) is 2.51. The predicted molar refractivity (Wildman–Crippen MR) is 69.2 cm³/mol. The van der Waals surface area contributed by atoms with E-state index in [1.165, 1.54) is 45.1 Å². The van der Waals surface area contributed by atoms with Crippen molar-refractivity contribution in [2.45, 2.75) is 69.7 Å². The number of nitrogens with zero attached hydrogens (tertiary/aromatic N) is 1. The van der Waals surface area contributed by atoms with Crippen molar-refractivity contribution < 1.29 is 4.74 Å². The Balaban J connectivity index is 1.56. The SMILES string of the molecule is CCNC1CC2CCC(C1)N2CC1CCCO1. The summed E-state index contributed by atoms with van der Waals surface area (Å²) < 4.78 is 5.80. The summed E-state index contributed by atoms with van der Waals surface area (Å²) in [7, 11) is 0. The van der Waals surface area contributed by atoms with E-state index in [9.17, 15) is 0 Å². The molecule has 3 nitrogen and oxygen atoms in total. The first-order valence-corrected chi connectivity index (χ1v) is 7.47. The van der Waals surface area contributed by atoms with Gasteiger partial charge in [0.15, 0.2) is 0 Å². The van der Waals surface area contributed by atoms with E-state index < -0.39 is 0 Å². The minimum Gasteiger partial charge on any atom is -0.377 e. The molecule has 3 rings (SSSR count). The minimum atomic E-state index is 0.536. The van der Waals surface area contributed by atoms with E-state index >= 15 is 0 Å². The van der Waals surface area contributed by atoms with Crippen LogP contribution in [0.25, 0.3) is 0 Å². The molecule has 3 unspecified atom stereocenters. The molecular weight excluding hydrogens is 212 g/mol. The van der Waals surface area contributed by atoms with Gasteiger partial charge in [0.1, 0.15) is 0 Å². The van der Waals surface area contributed by atoms with Crippen molar-refractivity contribution >= 4 is 0 Å². The van der Waals surface area contributed by atoms with Crippen LogP contribution in [0, 0.1) is 0 Å². The first kappa shape index (κ1) is 11.9. The van der Waals surface area contributed by atoms with Gasteiger partial charge < -0.3 is 10.1 Å². The Morgan fingerprint density at radius 1 is 1.18 bits per heavy atom. The highest BCUT2D eigenvalue weighted by molar-refractivity contribution is 4.98. The highest BCUT2D eigenvalue weighted by Crippen LogP contribution is 2.36. The van der Waals surface area contributed by atoms with Crippen molar-refractivity contribution in [2.75, 3.05) is 19.7 Å². The van der Waals surface area contributed by atoms with Gasteiger partial charge >= 0.3 is 0 Å². The standard InChI is InChI=1S/C14H26N2O/c1-2-15-11-8-12-5-6-13(9-11)16(12)10-14-4-3-7-17-14/h11-15H,2-10H2,1H3. The Hall–Kier alpha value is -0.120. The molecule has 0 aromatic carbocycles. The van der Waals surface area contributed by atoms with Crippen LogP contribution in [0.15, 0.2) is 0 Å². The van der Waals surface area contributed by atoms with Crippen LogP contribution in [-0.4, -0.2) is 48.8 Å². The molecule has 0 aromatic heterocycles. The summed E-state index contributed by atoms with van der Waals surface area (Å²) in [4.78, 5) is 2.77. The summed E-state index contributed by atoms with van der Waals surface area (Å²) in [6.45, 7) is 5.54. The van der Waals surface area contributed by atoms with Crippen LogP contribution < -0.4 is 5.32 Å². The number of piperidine rings is 1. The van der Waals surface area contributed by atoms with E-state index in [0.29, 0.717) is 6.10 Å². The summed E-state index contributed by atoms with van der Waals surface area (Å²) in [5.41, 5.74) is 0. The summed E-state index contributed by atoms with van der Waals surface area (Å²) >= 11 is 0. The third-order valence-corrected chi connectivity index (χ3v) is 4.82. The molecule has 0 aromatic rings. The van der Waals surface area contributed by atoms with Crippen LogP contribution in [0.3, 0.4) is 0 Å². The van der Waals surface area contributed by atoms with Crippen molar-refractivity contribution in [1.82, 2.24) is 10.2 Å². The van der Waals surface area contributed by atoms with Crippen LogP contribution in [-0.2, 0) is 4.74 Å². The molecule has 3 heterocycles. The summed E-state index contributed by atoms with van der Waals surface area (Å²) in [5, 5.41) is 3.64. The summed E-state index contributed by atoms with van der Waals surface area (Å²) in [5.74, 6) is 0. The zero-order chi connectivity index (χ0) is 11.7. The molecule has 3 aliphatic rings. The van der Waals surface area contributed by atoms with Gasteiger partial charge in [0.2, 0.25) is 0 Å². The number of hydrogen-bond donors (Lipinski definition) is 1. The van der Waals surface area contributed by atoms with Crippen LogP contribution in [0.4, 0.5) is 0 Å². The predicted octanol–water partition coefficient (Wildman–Crippen LogP) is 1.77. The number of hydrogen-bond acceptors (Lipinski definition) is 3. The molecule has 2 bridgehead atoms. The van der Waals surface area contributed by atoms with Crippen LogP contribution in [0.5, 0.6) is 0 Å². The lowest BCUT2D eigenvalue weighted by Gasteiger charge is -2.40.